The van der Waals surface area contributed by atoms with Gasteiger partial charge in [0.2, 0.25) is 5.60 Å². The van der Waals surface area contributed by atoms with Crippen molar-refractivity contribution in [1.29, 1.82) is 0 Å². The van der Waals surface area contributed by atoms with Gasteiger partial charge >= 0.3 is 23.9 Å². The summed E-state index contributed by atoms with van der Waals surface area (Å²) >= 11 is 0. The predicted molar refractivity (Wildman–Crippen MR) is 144 cm³/mol. The highest BCUT2D eigenvalue weighted by atomic mass is 16.6. The van der Waals surface area contributed by atoms with Gasteiger partial charge in [0.1, 0.15) is 5.92 Å². The Morgan fingerprint density at radius 2 is 1.03 bits per heavy atom. The van der Waals surface area contributed by atoms with Crippen molar-refractivity contribution in [3.63, 3.8) is 0 Å². The second-order valence-electron chi connectivity index (χ2n) is 10.3. The van der Waals surface area contributed by atoms with Gasteiger partial charge < -0.3 is 20.1 Å². The third-order valence-electron chi connectivity index (χ3n) is 7.01. The summed E-state index contributed by atoms with van der Waals surface area (Å²) in [7, 11) is 0. The molecule has 0 radical (unpaired) electrons. The number of hydrogen-bond donors (Lipinski definition) is 3. The number of rotatable bonds is 26. The topological polar surface area (TPSA) is 138 Å². The predicted octanol–water partition coefficient (Wildman–Crippen LogP) is 7.37. The highest BCUT2D eigenvalue weighted by molar-refractivity contribution is 5.92. The third-order valence-corrected chi connectivity index (χ3v) is 7.01. The number of carbonyl (C=O) groups excluding carboxylic acids is 1. The van der Waals surface area contributed by atoms with Crippen LogP contribution in [0.1, 0.15) is 149 Å². The lowest BCUT2D eigenvalue weighted by atomic mass is 9.80. The Morgan fingerprint density at radius 1 is 0.622 bits per heavy atom. The van der Waals surface area contributed by atoms with E-state index in [1.165, 1.54) is 64.2 Å². The van der Waals surface area contributed by atoms with E-state index in [9.17, 15) is 34.5 Å². The van der Waals surface area contributed by atoms with Crippen LogP contribution in [-0.2, 0) is 23.9 Å². The molecular formula is C29H52O8. The number of carboxylic acids is 3. The number of carbonyl (C=O) groups is 4. The molecule has 216 valence electrons. The molecule has 0 amide bonds. The van der Waals surface area contributed by atoms with Crippen LogP contribution >= 0.6 is 0 Å². The first-order valence-electron chi connectivity index (χ1n) is 14.6. The average Bonchev–Trinajstić information content (AvgIpc) is 2.83. The van der Waals surface area contributed by atoms with Crippen molar-refractivity contribution in [3.05, 3.63) is 0 Å². The van der Waals surface area contributed by atoms with Crippen LogP contribution in [0.5, 0.6) is 0 Å². The zero-order valence-electron chi connectivity index (χ0n) is 23.3. The van der Waals surface area contributed by atoms with Gasteiger partial charge in [0.05, 0.1) is 6.42 Å². The molecule has 0 rings (SSSR count). The van der Waals surface area contributed by atoms with Gasteiger partial charge in [-0.15, -0.1) is 0 Å². The van der Waals surface area contributed by atoms with Gasteiger partial charge in [-0.3, -0.25) is 14.4 Å². The third kappa shape index (κ3) is 16.4. The summed E-state index contributed by atoms with van der Waals surface area (Å²) in [5.74, 6) is -7.22. The molecule has 0 aromatic rings. The fourth-order valence-corrected chi connectivity index (χ4v) is 4.77. The van der Waals surface area contributed by atoms with Gasteiger partial charge in [0.25, 0.3) is 0 Å². The number of hydrogen-bond acceptors (Lipinski definition) is 5. The standard InChI is InChI=1S/C29H52O8/c1-3-5-7-8-9-10-11-12-13-14-15-16-17-18-20-21-24(27(33)34)29(28(35)36,23-25(30)31)37-26(32)22-19-6-4-2/h24H,3-23H2,1-2H3,(H,30,31)(H,33,34)(H,35,36). The molecule has 2 unspecified atom stereocenters. The van der Waals surface area contributed by atoms with Crippen LogP contribution in [0.4, 0.5) is 0 Å². The van der Waals surface area contributed by atoms with Gasteiger partial charge in [0.15, 0.2) is 0 Å². The van der Waals surface area contributed by atoms with Crippen LogP contribution in [0.2, 0.25) is 0 Å². The number of unbranched alkanes of at least 4 members (excludes halogenated alkanes) is 16. The van der Waals surface area contributed by atoms with Crippen molar-refractivity contribution in [1.82, 2.24) is 0 Å². The fraction of sp³-hybridized carbons (Fsp3) is 0.862. The van der Waals surface area contributed by atoms with E-state index in [0.717, 1.165) is 38.5 Å². The molecule has 37 heavy (non-hydrogen) atoms. The van der Waals surface area contributed by atoms with Gasteiger partial charge in [-0.05, 0) is 12.8 Å². The molecule has 0 aliphatic rings. The molecule has 0 aliphatic heterocycles. The molecule has 0 aromatic carbocycles. The first kappa shape index (κ1) is 34.9. The second-order valence-corrected chi connectivity index (χ2v) is 10.3. The van der Waals surface area contributed by atoms with E-state index in [0.29, 0.717) is 12.8 Å². The van der Waals surface area contributed by atoms with Crippen molar-refractivity contribution in [2.45, 2.75) is 154 Å². The fourth-order valence-electron chi connectivity index (χ4n) is 4.77. The molecule has 8 nitrogen and oxygen atoms in total. The Labute approximate surface area is 223 Å². The minimum atomic E-state index is -2.61. The summed E-state index contributed by atoms with van der Waals surface area (Å²) in [4.78, 5) is 47.9. The van der Waals surface area contributed by atoms with Crippen molar-refractivity contribution >= 4 is 23.9 Å². The van der Waals surface area contributed by atoms with E-state index in [1.54, 1.807) is 0 Å². The number of carboxylic acid groups (broad SMARTS) is 3. The lowest BCUT2D eigenvalue weighted by Crippen LogP contribution is -2.54. The monoisotopic (exact) mass is 528 g/mol. The van der Waals surface area contributed by atoms with E-state index in [1.807, 2.05) is 6.92 Å². The van der Waals surface area contributed by atoms with Gasteiger partial charge in [-0.1, -0.05) is 123 Å². The molecule has 0 spiro atoms. The van der Waals surface area contributed by atoms with Crippen LogP contribution in [-0.4, -0.2) is 44.8 Å². The normalized spacial score (nSPS) is 13.6. The molecular weight excluding hydrogens is 476 g/mol. The zero-order chi connectivity index (χ0) is 27.9. The maximum absolute atomic E-state index is 12.3. The summed E-state index contributed by atoms with van der Waals surface area (Å²) in [6.07, 6.45) is 18.0. The minimum Gasteiger partial charge on any atom is -0.481 e. The van der Waals surface area contributed by atoms with E-state index >= 15 is 0 Å². The first-order valence-corrected chi connectivity index (χ1v) is 14.6. The van der Waals surface area contributed by atoms with Gasteiger partial charge in [-0.25, -0.2) is 4.79 Å². The molecule has 0 heterocycles. The smallest absolute Gasteiger partial charge is 0.349 e. The number of esters is 1. The van der Waals surface area contributed by atoms with Gasteiger partial charge in [0, 0.05) is 6.42 Å². The summed E-state index contributed by atoms with van der Waals surface area (Å²) in [5.41, 5.74) is -2.61. The summed E-state index contributed by atoms with van der Waals surface area (Å²) in [5, 5.41) is 28.9. The molecule has 2 atom stereocenters. The Morgan fingerprint density at radius 3 is 1.41 bits per heavy atom. The lowest BCUT2D eigenvalue weighted by Gasteiger charge is -2.33. The van der Waals surface area contributed by atoms with E-state index in [2.05, 4.69) is 6.92 Å². The highest BCUT2D eigenvalue weighted by Crippen LogP contribution is 2.33. The minimum absolute atomic E-state index is 0.0601. The Balaban J connectivity index is 4.52. The summed E-state index contributed by atoms with van der Waals surface area (Å²) in [6.45, 7) is 4.17. The van der Waals surface area contributed by atoms with Crippen LogP contribution in [0.25, 0.3) is 0 Å². The van der Waals surface area contributed by atoms with E-state index in [4.69, 9.17) is 4.74 Å². The first-order chi connectivity index (χ1) is 17.7. The molecule has 0 saturated heterocycles. The van der Waals surface area contributed by atoms with Gasteiger partial charge in [-0.2, -0.15) is 0 Å². The number of ether oxygens (including phenoxy) is 1. The van der Waals surface area contributed by atoms with Crippen LogP contribution in [0, 0.1) is 5.92 Å². The molecule has 8 heteroatoms. The maximum Gasteiger partial charge on any atom is 0.349 e. The van der Waals surface area contributed by atoms with Crippen LogP contribution in [0.3, 0.4) is 0 Å². The number of aliphatic carboxylic acids is 3. The van der Waals surface area contributed by atoms with Crippen molar-refractivity contribution < 1.29 is 39.2 Å². The molecule has 0 aromatic heterocycles. The van der Waals surface area contributed by atoms with Crippen molar-refractivity contribution in [2.75, 3.05) is 0 Å². The van der Waals surface area contributed by atoms with E-state index in [-0.39, 0.29) is 12.8 Å². The zero-order valence-corrected chi connectivity index (χ0v) is 23.3. The molecule has 0 fully saturated rings. The quantitative estimate of drug-likeness (QED) is 0.0781. The van der Waals surface area contributed by atoms with Crippen molar-refractivity contribution in [2.24, 2.45) is 5.92 Å². The SMILES string of the molecule is CCCCCCCCCCCCCCCCCC(C(=O)O)C(CC(=O)O)(OC(=O)CCCCC)C(=O)O. The molecule has 0 saturated carbocycles. The lowest BCUT2D eigenvalue weighted by molar-refractivity contribution is -0.195. The largest absolute Gasteiger partial charge is 0.481 e. The van der Waals surface area contributed by atoms with E-state index < -0.39 is 41.8 Å². The van der Waals surface area contributed by atoms with Crippen LogP contribution in [0.15, 0.2) is 0 Å². The second kappa shape index (κ2) is 21.9. The summed E-state index contributed by atoms with van der Waals surface area (Å²) < 4.78 is 5.16. The molecule has 0 aliphatic carbocycles. The maximum atomic E-state index is 12.3. The Kier molecular flexibility index (Phi) is 20.7. The molecule has 0 bridgehead atoms. The molecule has 3 N–H and O–H groups in total. The van der Waals surface area contributed by atoms with Crippen LogP contribution < -0.4 is 0 Å². The summed E-state index contributed by atoms with van der Waals surface area (Å²) in [6, 6.07) is 0. The Hall–Kier alpha value is -2.12. The van der Waals surface area contributed by atoms with Crippen molar-refractivity contribution in [3.8, 4) is 0 Å². The average molecular weight is 529 g/mol. The highest BCUT2D eigenvalue weighted by Gasteiger charge is 2.54. The Bertz CT molecular complexity index is 648.